The van der Waals surface area contributed by atoms with Crippen molar-refractivity contribution in [3.63, 3.8) is 0 Å². The van der Waals surface area contributed by atoms with E-state index in [9.17, 15) is 21.6 Å². The lowest BCUT2D eigenvalue weighted by Crippen LogP contribution is -2.51. The molecule has 1 fully saturated rings. The van der Waals surface area contributed by atoms with Crippen LogP contribution in [0.3, 0.4) is 0 Å². The van der Waals surface area contributed by atoms with E-state index < -0.39 is 28.8 Å². The predicted octanol–water partition coefficient (Wildman–Crippen LogP) is 2.59. The Hall–Kier alpha value is -1.12. The summed E-state index contributed by atoms with van der Waals surface area (Å²) in [5.41, 5.74) is 0.997. The van der Waals surface area contributed by atoms with Crippen molar-refractivity contribution in [3.05, 3.63) is 29.8 Å². The van der Waals surface area contributed by atoms with Gasteiger partial charge in [0, 0.05) is 13.1 Å². The molecular formula is C14H18F3NO3S. The molecule has 0 aromatic heterocycles. The topological polar surface area (TPSA) is 46.6 Å². The van der Waals surface area contributed by atoms with Crippen LogP contribution in [0.2, 0.25) is 0 Å². The molecule has 0 unspecified atom stereocenters. The number of ether oxygens (including phenoxy) is 1. The number of sulfonamides is 1. The number of nitrogens with zero attached hydrogens (tertiary/aromatic N) is 1. The second kappa shape index (κ2) is 6.55. The summed E-state index contributed by atoms with van der Waals surface area (Å²) in [6.45, 7) is 0.959. The van der Waals surface area contributed by atoms with Gasteiger partial charge in [-0.15, -0.1) is 0 Å². The molecule has 0 amide bonds. The van der Waals surface area contributed by atoms with Gasteiger partial charge in [0.05, 0.1) is 11.5 Å². The smallest absolute Gasteiger partial charge is 0.366 e. The zero-order chi connectivity index (χ0) is 16.4. The highest BCUT2D eigenvalue weighted by molar-refractivity contribution is 7.89. The number of alkyl halides is 3. The van der Waals surface area contributed by atoms with E-state index in [2.05, 4.69) is 4.74 Å². The predicted molar refractivity (Wildman–Crippen MR) is 75.0 cm³/mol. The Balaban J connectivity index is 2.18. The van der Waals surface area contributed by atoms with Gasteiger partial charge in [-0.1, -0.05) is 25.5 Å². The highest BCUT2D eigenvalue weighted by Gasteiger charge is 2.45. The Bertz CT molecular complexity index is 599. The van der Waals surface area contributed by atoms with Crippen LogP contribution in [0.25, 0.3) is 0 Å². The van der Waals surface area contributed by atoms with Gasteiger partial charge in [0.1, 0.15) is 0 Å². The SMILES string of the molecule is CCCc1ccc(S(=O)(=O)N2CCO[C@@H](C(F)(F)F)C2)cc1. The molecule has 4 nitrogen and oxygen atoms in total. The summed E-state index contributed by atoms with van der Waals surface area (Å²) >= 11 is 0. The van der Waals surface area contributed by atoms with Crippen molar-refractivity contribution >= 4 is 10.0 Å². The molecule has 0 aliphatic carbocycles. The molecule has 0 N–H and O–H groups in total. The minimum atomic E-state index is -4.57. The minimum absolute atomic E-state index is 0.00942. The van der Waals surface area contributed by atoms with E-state index in [0.29, 0.717) is 0 Å². The van der Waals surface area contributed by atoms with Gasteiger partial charge >= 0.3 is 6.18 Å². The molecule has 1 aliphatic rings. The van der Waals surface area contributed by atoms with Crippen LogP contribution < -0.4 is 0 Å². The molecule has 0 spiro atoms. The fourth-order valence-corrected chi connectivity index (χ4v) is 3.73. The third-order valence-electron chi connectivity index (χ3n) is 3.49. The summed E-state index contributed by atoms with van der Waals surface area (Å²) in [5.74, 6) is 0. The summed E-state index contributed by atoms with van der Waals surface area (Å²) in [6, 6.07) is 6.27. The van der Waals surface area contributed by atoms with Crippen molar-refractivity contribution in [2.45, 2.75) is 36.9 Å². The first-order valence-corrected chi connectivity index (χ1v) is 8.46. The average Bonchev–Trinajstić information content (AvgIpc) is 2.47. The molecule has 1 aromatic rings. The van der Waals surface area contributed by atoms with Gasteiger partial charge in [0.25, 0.3) is 0 Å². The van der Waals surface area contributed by atoms with Crippen molar-refractivity contribution in [3.8, 4) is 0 Å². The quantitative estimate of drug-likeness (QED) is 0.848. The van der Waals surface area contributed by atoms with E-state index in [1.807, 2.05) is 6.92 Å². The van der Waals surface area contributed by atoms with Crippen molar-refractivity contribution in [2.24, 2.45) is 0 Å². The largest absolute Gasteiger partial charge is 0.415 e. The van der Waals surface area contributed by atoms with Gasteiger partial charge in [-0.25, -0.2) is 8.42 Å². The second-order valence-corrected chi connectivity index (χ2v) is 7.10. The molecule has 0 bridgehead atoms. The molecule has 1 aromatic carbocycles. The van der Waals surface area contributed by atoms with Crippen LogP contribution in [-0.4, -0.2) is 44.7 Å². The number of benzene rings is 1. The van der Waals surface area contributed by atoms with E-state index in [1.54, 1.807) is 12.1 Å². The summed E-state index contributed by atoms with van der Waals surface area (Å²) < 4.78 is 68.4. The Kier molecular flexibility index (Phi) is 5.14. The fourth-order valence-electron chi connectivity index (χ4n) is 2.31. The lowest BCUT2D eigenvalue weighted by molar-refractivity contribution is -0.231. The molecule has 1 aliphatic heterocycles. The van der Waals surface area contributed by atoms with Crippen LogP contribution in [0.15, 0.2) is 29.2 Å². The van der Waals surface area contributed by atoms with Crippen LogP contribution in [-0.2, 0) is 21.2 Å². The van der Waals surface area contributed by atoms with E-state index in [4.69, 9.17) is 0 Å². The van der Waals surface area contributed by atoms with Crippen molar-refractivity contribution in [1.82, 2.24) is 4.31 Å². The van der Waals surface area contributed by atoms with Gasteiger partial charge in [-0.05, 0) is 24.1 Å². The van der Waals surface area contributed by atoms with Crippen LogP contribution in [0.4, 0.5) is 13.2 Å². The van der Waals surface area contributed by atoms with Crippen molar-refractivity contribution < 1.29 is 26.3 Å². The fraction of sp³-hybridized carbons (Fsp3) is 0.571. The monoisotopic (exact) mass is 337 g/mol. The zero-order valence-corrected chi connectivity index (χ0v) is 13.0. The highest BCUT2D eigenvalue weighted by atomic mass is 32.2. The standard InChI is InChI=1S/C14H18F3NO3S/c1-2-3-11-4-6-12(7-5-11)22(19,20)18-8-9-21-13(10-18)14(15,16)17/h4-7,13H,2-3,8-10H2,1H3/t13-/m1/s1. The third-order valence-corrected chi connectivity index (χ3v) is 5.37. The maximum atomic E-state index is 12.7. The lowest BCUT2D eigenvalue weighted by atomic mass is 10.1. The first-order valence-electron chi connectivity index (χ1n) is 7.02. The zero-order valence-electron chi connectivity index (χ0n) is 12.1. The number of rotatable bonds is 4. The summed E-state index contributed by atoms with van der Waals surface area (Å²) in [4.78, 5) is 0.00942. The highest BCUT2D eigenvalue weighted by Crippen LogP contribution is 2.28. The lowest BCUT2D eigenvalue weighted by Gasteiger charge is -2.33. The second-order valence-electron chi connectivity index (χ2n) is 5.16. The summed E-state index contributed by atoms with van der Waals surface area (Å²) in [5, 5.41) is 0. The molecule has 1 atom stereocenters. The number of hydrogen-bond acceptors (Lipinski definition) is 3. The molecule has 22 heavy (non-hydrogen) atoms. The van der Waals surface area contributed by atoms with E-state index in [-0.39, 0.29) is 18.0 Å². The molecule has 1 saturated heterocycles. The van der Waals surface area contributed by atoms with Gasteiger partial charge in [-0.3, -0.25) is 0 Å². The molecular weight excluding hydrogens is 319 g/mol. The number of morpholine rings is 1. The van der Waals surface area contributed by atoms with E-state index in [0.717, 1.165) is 22.7 Å². The maximum absolute atomic E-state index is 12.7. The molecule has 0 radical (unpaired) electrons. The van der Waals surface area contributed by atoms with Crippen LogP contribution in [0, 0.1) is 0 Å². The third kappa shape index (κ3) is 3.80. The molecule has 8 heteroatoms. The number of hydrogen-bond donors (Lipinski definition) is 0. The Morgan fingerprint density at radius 3 is 2.45 bits per heavy atom. The van der Waals surface area contributed by atoms with E-state index in [1.165, 1.54) is 12.1 Å². The van der Waals surface area contributed by atoms with Crippen LogP contribution >= 0.6 is 0 Å². The summed E-state index contributed by atoms with van der Waals surface area (Å²) in [6.07, 6.45) is -4.88. The molecule has 0 saturated carbocycles. The first-order chi connectivity index (χ1) is 10.2. The normalized spacial score (nSPS) is 21.0. The van der Waals surface area contributed by atoms with Gasteiger partial charge in [-0.2, -0.15) is 17.5 Å². The summed E-state index contributed by atoms with van der Waals surface area (Å²) in [7, 11) is -3.93. The van der Waals surface area contributed by atoms with Crippen LogP contribution in [0.5, 0.6) is 0 Å². The van der Waals surface area contributed by atoms with Crippen molar-refractivity contribution in [1.29, 1.82) is 0 Å². The van der Waals surface area contributed by atoms with Gasteiger partial charge in [0.2, 0.25) is 10.0 Å². The first kappa shape index (κ1) is 17.2. The molecule has 2 rings (SSSR count). The van der Waals surface area contributed by atoms with Crippen molar-refractivity contribution in [2.75, 3.05) is 19.7 Å². The Labute approximate surface area is 127 Å². The average molecular weight is 337 g/mol. The Morgan fingerprint density at radius 2 is 1.91 bits per heavy atom. The molecule has 1 heterocycles. The maximum Gasteiger partial charge on any atom is 0.415 e. The van der Waals surface area contributed by atoms with E-state index >= 15 is 0 Å². The van der Waals surface area contributed by atoms with Gasteiger partial charge < -0.3 is 4.74 Å². The number of halogens is 3. The Morgan fingerprint density at radius 1 is 1.27 bits per heavy atom. The minimum Gasteiger partial charge on any atom is -0.366 e. The van der Waals surface area contributed by atoms with Crippen LogP contribution in [0.1, 0.15) is 18.9 Å². The number of aryl methyl sites for hydroxylation is 1. The van der Waals surface area contributed by atoms with Gasteiger partial charge in [0.15, 0.2) is 6.10 Å². The molecule has 124 valence electrons.